The van der Waals surface area contributed by atoms with Crippen LogP contribution in [0.25, 0.3) is 171 Å². The monoisotopic (exact) mass is 1800 g/mol. The van der Waals surface area contributed by atoms with E-state index in [1.807, 2.05) is 12.1 Å². The summed E-state index contributed by atoms with van der Waals surface area (Å²) in [6.45, 7) is 0. The molecule has 0 N–H and O–H groups in total. The van der Waals surface area contributed by atoms with Crippen LogP contribution in [-0.2, 0) is 12.8 Å². The Morgan fingerprint density at radius 2 is 0.411 bits per heavy atom. The lowest BCUT2D eigenvalue weighted by Crippen LogP contribution is -2.10. The number of hydrogen-bond acceptors (Lipinski definition) is 4. The van der Waals surface area contributed by atoms with Gasteiger partial charge in [0.2, 0.25) is 0 Å². The van der Waals surface area contributed by atoms with E-state index < -0.39 is 0 Å². The molecule has 0 amide bonds. The third kappa shape index (κ3) is 14.9. The molecule has 141 heavy (non-hydrogen) atoms. The Balaban J connectivity index is 0.000000109. The van der Waals surface area contributed by atoms with E-state index in [9.17, 15) is 0 Å². The maximum atomic E-state index is 6.47. The molecular formula is C134H92N6O. The summed E-state index contributed by atoms with van der Waals surface area (Å²) in [5.41, 5.74) is 43.5. The molecule has 28 rings (SSSR count). The van der Waals surface area contributed by atoms with Gasteiger partial charge in [0, 0.05) is 106 Å². The Morgan fingerprint density at radius 1 is 0.163 bits per heavy atom. The number of aromatic nitrogens is 3. The summed E-state index contributed by atoms with van der Waals surface area (Å²) in [7, 11) is 0. The second-order valence-electron chi connectivity index (χ2n) is 36.5. The third-order valence-electron chi connectivity index (χ3n) is 28.5. The van der Waals surface area contributed by atoms with Crippen LogP contribution in [0.3, 0.4) is 0 Å². The van der Waals surface area contributed by atoms with E-state index in [0.29, 0.717) is 0 Å². The van der Waals surface area contributed by atoms with Crippen molar-refractivity contribution in [2.45, 2.75) is 12.8 Å². The van der Waals surface area contributed by atoms with Gasteiger partial charge in [-0.1, -0.05) is 340 Å². The van der Waals surface area contributed by atoms with Crippen LogP contribution in [0.1, 0.15) is 22.3 Å². The average Bonchev–Trinajstić information content (AvgIpc) is 1.57. The van der Waals surface area contributed by atoms with Crippen LogP contribution >= 0.6 is 0 Å². The number of hydrogen-bond donors (Lipinski definition) is 0. The molecule has 0 saturated carbocycles. The fourth-order valence-corrected chi connectivity index (χ4v) is 21.9. The lowest BCUT2D eigenvalue weighted by Gasteiger charge is -2.26. The van der Waals surface area contributed by atoms with Gasteiger partial charge in [-0.3, -0.25) is 0 Å². The molecule has 22 aromatic carbocycles. The van der Waals surface area contributed by atoms with E-state index in [4.69, 9.17) is 4.42 Å². The van der Waals surface area contributed by atoms with Crippen LogP contribution in [0.5, 0.6) is 0 Å². The number of fused-ring (bicyclic) bond motifs is 21. The quantitative estimate of drug-likeness (QED) is 0.0966. The van der Waals surface area contributed by atoms with Crippen LogP contribution < -0.4 is 14.7 Å². The molecule has 0 bridgehead atoms. The molecule has 0 saturated heterocycles. The number of rotatable bonds is 16. The minimum Gasteiger partial charge on any atom is -0.455 e. The summed E-state index contributed by atoms with van der Waals surface area (Å²) in [6, 6.07) is 192. The van der Waals surface area contributed by atoms with E-state index >= 15 is 0 Å². The molecule has 26 aromatic rings. The van der Waals surface area contributed by atoms with Gasteiger partial charge in [0.1, 0.15) is 11.2 Å². The zero-order chi connectivity index (χ0) is 93.2. The molecular weight excluding hydrogens is 1710 g/mol. The van der Waals surface area contributed by atoms with E-state index in [-0.39, 0.29) is 0 Å². The second kappa shape index (κ2) is 35.6. The minimum atomic E-state index is 0.919. The SMILES string of the molecule is c1ccc(-c2ccc(N(c3ccc(-c4ccccc4)cc3)c3ccc(-n4c5ccccc5c5c6c(ccc54)-c4ccccc4C6)cc3)cc2)cc1.c1ccc(-c2ccc(N(c3ccccc3)c3ccc(-n4c5ccccc5c5c6c(ccc54)-c4ccccc4C6)cc3)cc2)cc1.c1ccc(N(c2ccccc2)c2ccc(-c3ccc(-n4c5ccccc5c5c6oc7ccccc7c6ccc54)cc3)cc2)cc1. The first kappa shape index (κ1) is 83.1. The van der Waals surface area contributed by atoms with Gasteiger partial charge in [-0.25, -0.2) is 0 Å². The average molecular weight is 1800 g/mol. The van der Waals surface area contributed by atoms with Gasteiger partial charge in [0.15, 0.2) is 0 Å². The summed E-state index contributed by atoms with van der Waals surface area (Å²) < 4.78 is 13.7. The zero-order valence-electron chi connectivity index (χ0n) is 77.3. The van der Waals surface area contributed by atoms with E-state index in [1.54, 1.807) is 0 Å². The summed E-state index contributed by atoms with van der Waals surface area (Å²) in [4.78, 5) is 6.96. The first-order valence-electron chi connectivity index (χ1n) is 48.5. The maximum Gasteiger partial charge on any atom is 0.145 e. The molecule has 0 spiro atoms. The number of nitrogens with zero attached hydrogens (tertiary/aromatic N) is 6. The molecule has 664 valence electrons. The highest BCUT2D eigenvalue weighted by Gasteiger charge is 2.29. The summed E-state index contributed by atoms with van der Waals surface area (Å²) in [6.07, 6.45) is 1.95. The van der Waals surface area contributed by atoms with Crippen molar-refractivity contribution in [3.8, 4) is 83.8 Å². The van der Waals surface area contributed by atoms with Crippen molar-refractivity contribution in [2.24, 2.45) is 0 Å². The van der Waals surface area contributed by atoms with Crippen LogP contribution in [0.4, 0.5) is 51.2 Å². The molecule has 0 atom stereocenters. The molecule has 0 fully saturated rings. The molecule has 4 aromatic heterocycles. The molecule has 7 nitrogen and oxygen atoms in total. The normalized spacial score (nSPS) is 11.8. The maximum absolute atomic E-state index is 6.47. The number of anilines is 9. The molecule has 0 unspecified atom stereocenters. The molecule has 7 heteroatoms. The summed E-state index contributed by atoms with van der Waals surface area (Å²) >= 11 is 0. The van der Waals surface area contributed by atoms with Crippen LogP contribution in [0.15, 0.2) is 538 Å². The first-order chi connectivity index (χ1) is 70.0. The van der Waals surface area contributed by atoms with Crippen molar-refractivity contribution < 1.29 is 4.42 Å². The standard InChI is InChI=1S/C49H34N2.C43H30N2.C42H28N2O/c1-3-11-34(12-4-1)36-19-23-39(24-20-36)50(40-25-21-37(22-26-40)35-13-5-2-6-14-35)41-27-29-42(30-28-41)51-47-18-10-9-17-45(47)49-46-33-38-15-7-8-16-43(38)44(46)31-32-48(49)51;1-3-11-30(12-4-1)31-19-21-34(22-20-31)44(33-14-5-2-6-15-33)35-23-25-36(26-24-35)45-41-18-10-9-17-39(41)43-40-29-32-13-7-8-16-37(32)38(40)27-28-42(43)45;1-3-11-31(12-4-1)43(32-13-5-2-6-14-32)33-23-19-29(20-24-33)30-21-25-34(26-22-30)44-38-17-9-7-16-37(38)41-39(44)28-27-36-35-15-8-10-18-40(35)45-42(36)41/h1-32H,33H2;1-28H,29H2;1-28H. The van der Waals surface area contributed by atoms with Crippen LogP contribution in [0.2, 0.25) is 0 Å². The predicted molar refractivity (Wildman–Crippen MR) is 592 cm³/mol. The zero-order valence-corrected chi connectivity index (χ0v) is 77.3. The van der Waals surface area contributed by atoms with Gasteiger partial charge in [-0.05, 0) is 296 Å². The topological polar surface area (TPSA) is 37.6 Å². The highest BCUT2D eigenvalue weighted by Crippen LogP contribution is 2.50. The Kier molecular flexibility index (Phi) is 21.0. The Hall–Kier alpha value is -18.6. The molecule has 0 aliphatic heterocycles. The van der Waals surface area contributed by atoms with Crippen molar-refractivity contribution in [2.75, 3.05) is 14.7 Å². The first-order valence-corrected chi connectivity index (χ1v) is 48.5. The Labute approximate surface area is 818 Å². The number of furan rings is 1. The second-order valence-corrected chi connectivity index (χ2v) is 36.5. The molecule has 0 radical (unpaired) electrons. The van der Waals surface area contributed by atoms with Crippen molar-refractivity contribution in [1.82, 2.24) is 13.7 Å². The van der Waals surface area contributed by atoms with E-state index in [2.05, 4.69) is 550 Å². The summed E-state index contributed by atoms with van der Waals surface area (Å²) in [5, 5.41) is 9.99. The Bertz CT molecular complexity index is 9010. The lowest BCUT2D eigenvalue weighted by molar-refractivity contribution is 0.673. The molecule has 2 aliphatic carbocycles. The molecule has 2 aliphatic rings. The third-order valence-corrected chi connectivity index (χ3v) is 28.5. The highest BCUT2D eigenvalue weighted by atomic mass is 16.3. The van der Waals surface area contributed by atoms with Crippen molar-refractivity contribution in [3.63, 3.8) is 0 Å². The van der Waals surface area contributed by atoms with Gasteiger partial charge in [0.25, 0.3) is 0 Å². The van der Waals surface area contributed by atoms with Gasteiger partial charge < -0.3 is 32.8 Å². The van der Waals surface area contributed by atoms with Crippen molar-refractivity contribution >= 4 is 139 Å². The van der Waals surface area contributed by atoms with Crippen LogP contribution in [-0.4, -0.2) is 13.7 Å². The van der Waals surface area contributed by atoms with E-state index in [0.717, 1.165) is 114 Å². The van der Waals surface area contributed by atoms with Gasteiger partial charge in [-0.15, -0.1) is 0 Å². The smallest absolute Gasteiger partial charge is 0.145 e. The van der Waals surface area contributed by atoms with Gasteiger partial charge in [-0.2, -0.15) is 0 Å². The van der Waals surface area contributed by atoms with Crippen LogP contribution in [0, 0.1) is 0 Å². The molecule has 4 heterocycles. The fraction of sp³-hybridized carbons (Fsp3) is 0.0149. The summed E-state index contributed by atoms with van der Waals surface area (Å²) in [5.74, 6) is 0. The van der Waals surface area contributed by atoms with E-state index in [1.165, 1.54) is 144 Å². The predicted octanol–water partition coefficient (Wildman–Crippen LogP) is 36.5. The number of para-hydroxylation sites is 7. The number of benzene rings is 22. The fourth-order valence-electron chi connectivity index (χ4n) is 21.9. The van der Waals surface area contributed by atoms with Gasteiger partial charge >= 0.3 is 0 Å². The lowest BCUT2D eigenvalue weighted by atomic mass is 10.0. The highest BCUT2D eigenvalue weighted by molar-refractivity contribution is 6.24. The minimum absolute atomic E-state index is 0.919. The van der Waals surface area contributed by atoms with Crippen molar-refractivity contribution in [3.05, 3.63) is 556 Å². The van der Waals surface area contributed by atoms with Gasteiger partial charge in [0.05, 0.1) is 38.5 Å². The van der Waals surface area contributed by atoms with Crippen molar-refractivity contribution in [1.29, 1.82) is 0 Å². The largest absolute Gasteiger partial charge is 0.455 e. The Morgan fingerprint density at radius 3 is 0.766 bits per heavy atom.